The molecule has 13 heavy (non-hydrogen) atoms. The fraction of sp³-hybridized carbons (Fsp3) is 0.600. The Balaban J connectivity index is 2.60. The Bertz CT molecular complexity index is 260. The summed E-state index contributed by atoms with van der Waals surface area (Å²) in [4.78, 5) is 8.42. The number of hydrogen-bond acceptors (Lipinski definition) is 3. The standard InChI is InChI=1S/C10H17N3/c1-4-6-11-8(2)10-5-7-12-9(3)13-10/h5,7-8,11H,4,6H2,1-3H3. The van der Waals surface area contributed by atoms with Crippen molar-refractivity contribution >= 4 is 0 Å². The van der Waals surface area contributed by atoms with Crippen LogP contribution in [0.3, 0.4) is 0 Å². The van der Waals surface area contributed by atoms with Crippen molar-refractivity contribution in [1.82, 2.24) is 15.3 Å². The van der Waals surface area contributed by atoms with Gasteiger partial charge in [-0.25, -0.2) is 9.97 Å². The first-order valence-electron chi connectivity index (χ1n) is 4.77. The maximum absolute atomic E-state index is 4.35. The van der Waals surface area contributed by atoms with E-state index < -0.39 is 0 Å². The second kappa shape index (κ2) is 4.92. The molecule has 1 aromatic heterocycles. The molecule has 1 rings (SSSR count). The van der Waals surface area contributed by atoms with E-state index in [4.69, 9.17) is 0 Å². The topological polar surface area (TPSA) is 37.8 Å². The summed E-state index contributed by atoms with van der Waals surface area (Å²) in [7, 11) is 0. The first kappa shape index (κ1) is 10.1. The highest BCUT2D eigenvalue weighted by Gasteiger charge is 2.04. The molecule has 0 saturated carbocycles. The van der Waals surface area contributed by atoms with E-state index in [1.807, 2.05) is 19.2 Å². The summed E-state index contributed by atoms with van der Waals surface area (Å²) < 4.78 is 0. The number of nitrogens with one attached hydrogen (secondary N) is 1. The molecule has 0 radical (unpaired) electrons. The van der Waals surface area contributed by atoms with Crippen LogP contribution in [0.1, 0.15) is 37.8 Å². The van der Waals surface area contributed by atoms with E-state index in [0.717, 1.165) is 24.5 Å². The van der Waals surface area contributed by atoms with E-state index in [0.29, 0.717) is 6.04 Å². The smallest absolute Gasteiger partial charge is 0.125 e. The lowest BCUT2D eigenvalue weighted by molar-refractivity contribution is 0.556. The predicted octanol–water partition coefficient (Wildman–Crippen LogP) is 1.85. The van der Waals surface area contributed by atoms with Crippen LogP contribution in [0.2, 0.25) is 0 Å². The first-order chi connectivity index (χ1) is 6.24. The second-order valence-corrected chi connectivity index (χ2v) is 3.20. The van der Waals surface area contributed by atoms with Gasteiger partial charge in [-0.3, -0.25) is 0 Å². The number of rotatable bonds is 4. The highest BCUT2D eigenvalue weighted by Crippen LogP contribution is 2.07. The van der Waals surface area contributed by atoms with Gasteiger partial charge in [0.2, 0.25) is 0 Å². The molecule has 1 N–H and O–H groups in total. The second-order valence-electron chi connectivity index (χ2n) is 3.20. The molecule has 0 aliphatic carbocycles. The lowest BCUT2D eigenvalue weighted by Crippen LogP contribution is -2.20. The lowest BCUT2D eigenvalue weighted by Gasteiger charge is -2.12. The van der Waals surface area contributed by atoms with Crippen LogP contribution in [-0.2, 0) is 0 Å². The third kappa shape index (κ3) is 3.11. The minimum Gasteiger partial charge on any atom is -0.309 e. The number of hydrogen-bond donors (Lipinski definition) is 1. The Morgan fingerprint density at radius 3 is 2.92 bits per heavy atom. The van der Waals surface area contributed by atoms with Gasteiger partial charge in [0, 0.05) is 12.2 Å². The monoisotopic (exact) mass is 179 g/mol. The zero-order valence-electron chi connectivity index (χ0n) is 8.54. The predicted molar refractivity (Wildman–Crippen MR) is 53.5 cm³/mol. The molecular weight excluding hydrogens is 162 g/mol. The first-order valence-corrected chi connectivity index (χ1v) is 4.77. The molecule has 1 unspecified atom stereocenters. The van der Waals surface area contributed by atoms with Gasteiger partial charge in [0.1, 0.15) is 5.82 Å². The quantitative estimate of drug-likeness (QED) is 0.766. The fourth-order valence-electron chi connectivity index (χ4n) is 1.18. The normalized spacial score (nSPS) is 12.8. The highest BCUT2D eigenvalue weighted by molar-refractivity contribution is 5.05. The van der Waals surface area contributed by atoms with Gasteiger partial charge >= 0.3 is 0 Å². The molecule has 0 aliphatic heterocycles. The number of aromatic nitrogens is 2. The van der Waals surface area contributed by atoms with E-state index in [9.17, 15) is 0 Å². The van der Waals surface area contributed by atoms with Gasteiger partial charge in [0.15, 0.2) is 0 Å². The molecule has 0 aliphatic rings. The number of aryl methyl sites for hydroxylation is 1. The minimum atomic E-state index is 0.321. The third-order valence-electron chi connectivity index (χ3n) is 1.94. The highest BCUT2D eigenvalue weighted by atomic mass is 15.0. The van der Waals surface area contributed by atoms with Crippen LogP contribution in [0, 0.1) is 6.92 Å². The van der Waals surface area contributed by atoms with Gasteiger partial charge < -0.3 is 5.32 Å². The third-order valence-corrected chi connectivity index (χ3v) is 1.94. The van der Waals surface area contributed by atoms with Crippen LogP contribution >= 0.6 is 0 Å². The van der Waals surface area contributed by atoms with Crippen molar-refractivity contribution in [2.24, 2.45) is 0 Å². The van der Waals surface area contributed by atoms with Crippen molar-refractivity contribution in [2.75, 3.05) is 6.54 Å². The summed E-state index contributed by atoms with van der Waals surface area (Å²) in [5.74, 6) is 0.836. The largest absolute Gasteiger partial charge is 0.309 e. The van der Waals surface area contributed by atoms with Crippen LogP contribution in [0.15, 0.2) is 12.3 Å². The molecule has 72 valence electrons. The molecule has 0 spiro atoms. The summed E-state index contributed by atoms with van der Waals surface area (Å²) in [5.41, 5.74) is 1.07. The zero-order valence-corrected chi connectivity index (χ0v) is 8.54. The van der Waals surface area contributed by atoms with Crippen LogP contribution in [0.4, 0.5) is 0 Å². The van der Waals surface area contributed by atoms with E-state index in [1.54, 1.807) is 0 Å². The van der Waals surface area contributed by atoms with Gasteiger partial charge in [0.25, 0.3) is 0 Å². The summed E-state index contributed by atoms with van der Waals surface area (Å²) in [6, 6.07) is 2.28. The van der Waals surface area contributed by atoms with Crippen LogP contribution < -0.4 is 5.32 Å². The van der Waals surface area contributed by atoms with Gasteiger partial charge in [0.05, 0.1) is 5.69 Å². The molecule has 0 aromatic carbocycles. The maximum atomic E-state index is 4.35. The fourth-order valence-corrected chi connectivity index (χ4v) is 1.18. The van der Waals surface area contributed by atoms with E-state index in [1.165, 1.54) is 0 Å². The van der Waals surface area contributed by atoms with Crippen LogP contribution in [0.25, 0.3) is 0 Å². The van der Waals surface area contributed by atoms with E-state index in [-0.39, 0.29) is 0 Å². The summed E-state index contributed by atoms with van der Waals surface area (Å²) in [6.07, 6.45) is 2.95. The van der Waals surface area contributed by atoms with E-state index in [2.05, 4.69) is 29.1 Å². The van der Waals surface area contributed by atoms with Crippen molar-refractivity contribution in [3.8, 4) is 0 Å². The Kier molecular flexibility index (Phi) is 3.83. The lowest BCUT2D eigenvalue weighted by atomic mass is 10.2. The Morgan fingerprint density at radius 2 is 2.31 bits per heavy atom. The minimum absolute atomic E-state index is 0.321. The zero-order chi connectivity index (χ0) is 9.68. The van der Waals surface area contributed by atoms with Gasteiger partial charge in [-0.15, -0.1) is 0 Å². The van der Waals surface area contributed by atoms with E-state index >= 15 is 0 Å². The summed E-state index contributed by atoms with van der Waals surface area (Å²) >= 11 is 0. The molecule has 1 heterocycles. The molecule has 0 amide bonds. The van der Waals surface area contributed by atoms with Gasteiger partial charge in [-0.05, 0) is 32.9 Å². The molecule has 3 nitrogen and oxygen atoms in total. The molecule has 1 atom stereocenters. The maximum Gasteiger partial charge on any atom is 0.125 e. The van der Waals surface area contributed by atoms with Gasteiger partial charge in [-0.2, -0.15) is 0 Å². The Morgan fingerprint density at radius 1 is 1.54 bits per heavy atom. The van der Waals surface area contributed by atoms with Crippen LogP contribution in [0.5, 0.6) is 0 Å². The van der Waals surface area contributed by atoms with Crippen molar-refractivity contribution in [1.29, 1.82) is 0 Å². The molecule has 0 bridgehead atoms. The van der Waals surface area contributed by atoms with Gasteiger partial charge in [-0.1, -0.05) is 6.92 Å². The number of nitrogens with zero attached hydrogens (tertiary/aromatic N) is 2. The van der Waals surface area contributed by atoms with Crippen molar-refractivity contribution in [3.63, 3.8) is 0 Å². The summed E-state index contributed by atoms with van der Waals surface area (Å²) in [6.45, 7) is 7.22. The SMILES string of the molecule is CCCNC(C)c1ccnc(C)n1. The Hall–Kier alpha value is -0.960. The van der Waals surface area contributed by atoms with Crippen molar-refractivity contribution < 1.29 is 0 Å². The van der Waals surface area contributed by atoms with Crippen LogP contribution in [-0.4, -0.2) is 16.5 Å². The summed E-state index contributed by atoms with van der Waals surface area (Å²) in [5, 5.41) is 3.39. The molecule has 0 fully saturated rings. The van der Waals surface area contributed by atoms with Crippen molar-refractivity contribution in [3.05, 3.63) is 23.8 Å². The molecule has 1 aromatic rings. The average molecular weight is 179 g/mol. The molecule has 0 saturated heterocycles. The Labute approximate surface area is 79.6 Å². The van der Waals surface area contributed by atoms with Crippen molar-refractivity contribution in [2.45, 2.75) is 33.2 Å². The molecule has 3 heteroatoms. The average Bonchev–Trinajstić information content (AvgIpc) is 2.14. The molecular formula is C10H17N3.